The minimum Gasteiger partial charge on any atom is -0.487 e. The van der Waals surface area contributed by atoms with Crippen molar-refractivity contribution in [1.82, 2.24) is 10.3 Å². The van der Waals surface area contributed by atoms with Gasteiger partial charge in [-0.2, -0.15) is 0 Å². The molecule has 0 fully saturated rings. The average Bonchev–Trinajstić information content (AvgIpc) is 2.42. The van der Waals surface area contributed by atoms with Crippen LogP contribution < -0.4 is 10.1 Å². The van der Waals surface area contributed by atoms with Crippen LogP contribution in [0.2, 0.25) is 5.02 Å². The number of hydrogen-bond donors (Lipinski definition) is 1. The highest BCUT2D eigenvalue weighted by Gasteiger charge is 2.09. The third-order valence-electron chi connectivity index (χ3n) is 2.83. The lowest BCUT2D eigenvalue weighted by Gasteiger charge is -2.12. The zero-order chi connectivity index (χ0) is 14.5. The van der Waals surface area contributed by atoms with E-state index in [0.717, 1.165) is 11.4 Å². The van der Waals surface area contributed by atoms with Crippen molar-refractivity contribution in [2.75, 3.05) is 7.05 Å². The molecule has 1 heterocycles. The van der Waals surface area contributed by atoms with Crippen LogP contribution in [-0.2, 0) is 13.2 Å². The number of benzene rings is 1. The van der Waals surface area contributed by atoms with E-state index in [-0.39, 0.29) is 11.6 Å². The van der Waals surface area contributed by atoms with Gasteiger partial charge < -0.3 is 10.1 Å². The molecule has 0 aliphatic rings. The zero-order valence-electron chi connectivity index (χ0n) is 11.4. The van der Waals surface area contributed by atoms with Crippen LogP contribution >= 0.6 is 11.6 Å². The lowest BCUT2D eigenvalue weighted by Crippen LogP contribution is -2.10. The van der Waals surface area contributed by atoms with E-state index in [1.54, 1.807) is 12.1 Å². The van der Waals surface area contributed by atoms with Gasteiger partial charge >= 0.3 is 0 Å². The molecular weight excluding hydrogens is 279 g/mol. The van der Waals surface area contributed by atoms with Crippen LogP contribution in [-0.4, -0.2) is 12.0 Å². The van der Waals surface area contributed by atoms with Gasteiger partial charge in [-0.05, 0) is 32.2 Å². The van der Waals surface area contributed by atoms with Gasteiger partial charge in [-0.1, -0.05) is 23.7 Å². The Labute approximate surface area is 122 Å². The maximum atomic E-state index is 13.8. The summed E-state index contributed by atoms with van der Waals surface area (Å²) in [6, 6.07) is 8.58. The standard InChI is InChI=1S/C15H16ClFN2O/c1-10-6-7-14(13(19-10)8-18-2)20-9-11-4-3-5-12(16)15(11)17/h3-7,18H,8-9H2,1-2H3. The van der Waals surface area contributed by atoms with Crippen molar-refractivity contribution in [1.29, 1.82) is 0 Å². The number of pyridine rings is 1. The lowest BCUT2D eigenvalue weighted by atomic mass is 10.2. The maximum Gasteiger partial charge on any atom is 0.148 e. The van der Waals surface area contributed by atoms with Gasteiger partial charge in [0.25, 0.3) is 0 Å². The molecule has 0 bridgehead atoms. The van der Waals surface area contributed by atoms with Gasteiger partial charge in [-0.3, -0.25) is 4.98 Å². The number of halogens is 2. The van der Waals surface area contributed by atoms with E-state index in [0.29, 0.717) is 17.9 Å². The normalized spacial score (nSPS) is 10.6. The molecule has 0 unspecified atom stereocenters. The first-order chi connectivity index (χ1) is 9.61. The van der Waals surface area contributed by atoms with Crippen molar-refractivity contribution >= 4 is 11.6 Å². The van der Waals surface area contributed by atoms with E-state index >= 15 is 0 Å². The van der Waals surface area contributed by atoms with Crippen molar-refractivity contribution in [3.63, 3.8) is 0 Å². The molecule has 106 valence electrons. The molecule has 2 aromatic rings. The van der Waals surface area contributed by atoms with E-state index in [4.69, 9.17) is 16.3 Å². The van der Waals surface area contributed by atoms with Crippen LogP contribution in [0.1, 0.15) is 17.0 Å². The van der Waals surface area contributed by atoms with E-state index < -0.39 is 5.82 Å². The number of hydrogen-bond acceptors (Lipinski definition) is 3. The van der Waals surface area contributed by atoms with E-state index in [9.17, 15) is 4.39 Å². The molecule has 0 saturated carbocycles. The highest BCUT2D eigenvalue weighted by molar-refractivity contribution is 6.30. The summed E-state index contributed by atoms with van der Waals surface area (Å²) < 4.78 is 19.4. The smallest absolute Gasteiger partial charge is 0.148 e. The molecular formula is C15H16ClFN2O. The molecule has 0 spiro atoms. The second-order valence-corrected chi connectivity index (χ2v) is 4.84. The molecule has 5 heteroatoms. The van der Waals surface area contributed by atoms with Gasteiger partial charge in [-0.25, -0.2) is 4.39 Å². The molecule has 0 saturated heterocycles. The summed E-state index contributed by atoms with van der Waals surface area (Å²) in [5, 5.41) is 3.13. The van der Waals surface area contributed by atoms with Crippen LogP contribution in [0.3, 0.4) is 0 Å². The Hall–Kier alpha value is -1.65. The highest BCUT2D eigenvalue weighted by Crippen LogP contribution is 2.22. The molecule has 1 aromatic heterocycles. The third kappa shape index (κ3) is 3.46. The van der Waals surface area contributed by atoms with Gasteiger partial charge in [0.1, 0.15) is 18.2 Å². The van der Waals surface area contributed by atoms with Crippen LogP contribution in [0.15, 0.2) is 30.3 Å². The monoisotopic (exact) mass is 294 g/mol. The number of aryl methyl sites for hydroxylation is 1. The molecule has 0 amide bonds. The molecule has 1 N–H and O–H groups in total. The SMILES string of the molecule is CNCc1nc(C)ccc1OCc1cccc(Cl)c1F. The predicted octanol–water partition coefficient (Wildman–Crippen LogP) is 3.48. The molecule has 0 aliphatic heterocycles. The third-order valence-corrected chi connectivity index (χ3v) is 3.12. The molecule has 3 nitrogen and oxygen atoms in total. The Kier molecular flexibility index (Phi) is 4.93. The summed E-state index contributed by atoms with van der Waals surface area (Å²) in [5.41, 5.74) is 2.14. The fourth-order valence-electron chi connectivity index (χ4n) is 1.84. The maximum absolute atomic E-state index is 13.8. The Bertz CT molecular complexity index is 604. The molecule has 1 aromatic carbocycles. The topological polar surface area (TPSA) is 34.2 Å². The number of ether oxygens (including phenoxy) is 1. The first-order valence-corrected chi connectivity index (χ1v) is 6.66. The average molecular weight is 295 g/mol. The van der Waals surface area contributed by atoms with Crippen molar-refractivity contribution in [3.8, 4) is 5.75 Å². The summed E-state index contributed by atoms with van der Waals surface area (Å²) in [5.74, 6) is 0.203. The highest BCUT2D eigenvalue weighted by atomic mass is 35.5. The fraction of sp³-hybridized carbons (Fsp3) is 0.267. The Morgan fingerprint density at radius 3 is 2.85 bits per heavy atom. The van der Waals surface area contributed by atoms with E-state index in [1.165, 1.54) is 6.07 Å². The molecule has 0 radical (unpaired) electrons. The minimum absolute atomic E-state index is 0.101. The predicted molar refractivity (Wildman–Crippen MR) is 77.5 cm³/mol. The van der Waals surface area contributed by atoms with E-state index in [1.807, 2.05) is 26.1 Å². The summed E-state index contributed by atoms with van der Waals surface area (Å²) in [7, 11) is 1.84. The van der Waals surface area contributed by atoms with Crippen molar-refractivity contribution in [2.45, 2.75) is 20.1 Å². The first-order valence-electron chi connectivity index (χ1n) is 6.28. The number of aromatic nitrogens is 1. The van der Waals surface area contributed by atoms with Crippen molar-refractivity contribution < 1.29 is 9.13 Å². The second kappa shape index (κ2) is 6.68. The van der Waals surface area contributed by atoms with E-state index in [2.05, 4.69) is 10.3 Å². The summed E-state index contributed by atoms with van der Waals surface area (Å²) >= 11 is 5.74. The minimum atomic E-state index is -0.440. The molecule has 2 rings (SSSR count). The number of nitrogens with one attached hydrogen (secondary N) is 1. The van der Waals surface area contributed by atoms with Gasteiger partial charge in [-0.15, -0.1) is 0 Å². The number of rotatable bonds is 5. The van der Waals surface area contributed by atoms with Crippen LogP contribution in [0.4, 0.5) is 4.39 Å². The summed E-state index contributed by atoms with van der Waals surface area (Å²) in [6.07, 6.45) is 0. The van der Waals surface area contributed by atoms with Crippen LogP contribution in [0.25, 0.3) is 0 Å². The van der Waals surface area contributed by atoms with Crippen LogP contribution in [0, 0.1) is 12.7 Å². The first kappa shape index (κ1) is 14.8. The molecule has 0 aliphatic carbocycles. The van der Waals surface area contributed by atoms with Gasteiger partial charge in [0.2, 0.25) is 0 Å². The largest absolute Gasteiger partial charge is 0.487 e. The van der Waals surface area contributed by atoms with Crippen LogP contribution in [0.5, 0.6) is 5.75 Å². The van der Waals surface area contributed by atoms with Crippen molar-refractivity contribution in [2.24, 2.45) is 0 Å². The lowest BCUT2D eigenvalue weighted by molar-refractivity contribution is 0.294. The van der Waals surface area contributed by atoms with Gasteiger partial charge in [0.15, 0.2) is 0 Å². The van der Waals surface area contributed by atoms with Gasteiger partial charge in [0.05, 0.1) is 10.7 Å². The molecule has 20 heavy (non-hydrogen) atoms. The van der Waals surface area contributed by atoms with Gasteiger partial charge in [0, 0.05) is 17.8 Å². The van der Waals surface area contributed by atoms with Crippen molar-refractivity contribution in [3.05, 3.63) is 58.1 Å². The second-order valence-electron chi connectivity index (χ2n) is 4.43. The zero-order valence-corrected chi connectivity index (χ0v) is 12.2. The Morgan fingerprint density at radius 2 is 2.10 bits per heavy atom. The molecule has 0 atom stereocenters. The fourth-order valence-corrected chi connectivity index (χ4v) is 2.03. The summed E-state index contributed by atoms with van der Waals surface area (Å²) in [4.78, 5) is 4.41. The number of nitrogens with zero attached hydrogens (tertiary/aromatic N) is 1. The Balaban J connectivity index is 2.16. The summed E-state index contributed by atoms with van der Waals surface area (Å²) in [6.45, 7) is 2.63. The quantitative estimate of drug-likeness (QED) is 0.917. The Morgan fingerprint density at radius 1 is 1.30 bits per heavy atom.